The summed E-state index contributed by atoms with van der Waals surface area (Å²) in [7, 11) is 0. The highest BCUT2D eigenvalue weighted by Crippen LogP contribution is 2.19. The van der Waals surface area contributed by atoms with Crippen molar-refractivity contribution in [1.82, 2.24) is 20.2 Å². The number of fused-ring (bicyclic) bond motifs is 1. The number of piperidine rings is 1. The van der Waals surface area contributed by atoms with Crippen molar-refractivity contribution in [2.24, 2.45) is 5.92 Å². The lowest BCUT2D eigenvalue weighted by molar-refractivity contribution is -0.126. The van der Waals surface area contributed by atoms with Crippen molar-refractivity contribution in [3.63, 3.8) is 0 Å². The van der Waals surface area contributed by atoms with Crippen molar-refractivity contribution in [2.45, 2.75) is 32.4 Å². The summed E-state index contributed by atoms with van der Waals surface area (Å²) in [6.07, 6.45) is 3.68. The predicted molar refractivity (Wildman–Crippen MR) is 110 cm³/mol. The van der Waals surface area contributed by atoms with Gasteiger partial charge >= 0.3 is 0 Å². The summed E-state index contributed by atoms with van der Waals surface area (Å²) in [5, 5.41) is 6.47. The summed E-state index contributed by atoms with van der Waals surface area (Å²) >= 11 is 0. The molecule has 0 aliphatic carbocycles. The minimum atomic E-state index is 0. The number of hydrogen-bond acceptors (Lipinski definition) is 3. The van der Waals surface area contributed by atoms with Gasteiger partial charge in [0.15, 0.2) is 0 Å². The van der Waals surface area contributed by atoms with E-state index < -0.39 is 0 Å². The van der Waals surface area contributed by atoms with E-state index in [0.717, 1.165) is 41.7 Å². The molecule has 1 saturated heterocycles. The van der Waals surface area contributed by atoms with E-state index in [1.165, 1.54) is 0 Å². The molecule has 0 saturated carbocycles. The molecule has 142 valence electrons. The Balaban J connectivity index is 0.00000210. The summed E-state index contributed by atoms with van der Waals surface area (Å²) in [5.41, 5.74) is 4.25. The highest BCUT2D eigenvalue weighted by atomic mass is 35.5. The lowest BCUT2D eigenvalue weighted by Crippen LogP contribution is -2.42. The monoisotopic (exact) mass is 384 g/mol. The molecule has 0 radical (unpaired) electrons. The topological polar surface area (TPSA) is 59.0 Å². The zero-order valence-electron chi connectivity index (χ0n) is 15.4. The molecule has 2 N–H and O–H groups in total. The van der Waals surface area contributed by atoms with Gasteiger partial charge in [-0.05, 0) is 56.1 Å². The van der Waals surface area contributed by atoms with E-state index in [1.54, 1.807) is 0 Å². The molecule has 2 heterocycles. The van der Waals surface area contributed by atoms with Crippen LogP contribution in [-0.4, -0.2) is 28.0 Å². The maximum Gasteiger partial charge on any atom is 0.223 e. The molecule has 1 amide bonds. The van der Waals surface area contributed by atoms with Gasteiger partial charge in [0.25, 0.3) is 0 Å². The van der Waals surface area contributed by atoms with Crippen molar-refractivity contribution < 1.29 is 4.79 Å². The molecule has 1 aromatic heterocycles. The van der Waals surface area contributed by atoms with E-state index in [0.29, 0.717) is 12.6 Å². The van der Waals surface area contributed by atoms with Crippen molar-refractivity contribution in [3.05, 3.63) is 60.4 Å². The summed E-state index contributed by atoms with van der Waals surface area (Å²) < 4.78 is 2.08. The number of nitrogens with one attached hydrogen (secondary N) is 2. The number of imidazole rings is 1. The Hall–Kier alpha value is -2.37. The molecule has 0 unspecified atom stereocenters. The third kappa shape index (κ3) is 4.31. The molecule has 5 nitrogen and oxygen atoms in total. The van der Waals surface area contributed by atoms with Crippen LogP contribution in [0.4, 0.5) is 0 Å². The number of nitrogens with zero attached hydrogens (tertiary/aromatic N) is 2. The first-order valence-corrected chi connectivity index (χ1v) is 9.23. The number of carbonyl (C=O) groups is 1. The van der Waals surface area contributed by atoms with E-state index >= 15 is 0 Å². The average molecular weight is 385 g/mol. The number of benzene rings is 2. The first-order valence-electron chi connectivity index (χ1n) is 9.23. The van der Waals surface area contributed by atoms with Crippen LogP contribution in [0, 0.1) is 5.92 Å². The van der Waals surface area contributed by atoms with Gasteiger partial charge in [0.05, 0.1) is 11.0 Å². The van der Waals surface area contributed by atoms with Crippen molar-refractivity contribution in [3.8, 4) is 5.69 Å². The van der Waals surface area contributed by atoms with Crippen LogP contribution in [0.1, 0.15) is 25.3 Å². The minimum absolute atomic E-state index is 0. The Bertz CT molecular complexity index is 906. The van der Waals surface area contributed by atoms with Crippen LogP contribution in [0.5, 0.6) is 0 Å². The lowest BCUT2D eigenvalue weighted by atomic mass is 9.92. The van der Waals surface area contributed by atoms with Crippen LogP contribution < -0.4 is 10.6 Å². The predicted octanol–water partition coefficient (Wildman–Crippen LogP) is 3.45. The maximum absolute atomic E-state index is 12.4. The molecule has 27 heavy (non-hydrogen) atoms. The van der Waals surface area contributed by atoms with Crippen molar-refractivity contribution in [1.29, 1.82) is 0 Å². The molecule has 1 fully saturated rings. The fourth-order valence-corrected chi connectivity index (χ4v) is 3.64. The molecule has 1 aliphatic heterocycles. The van der Waals surface area contributed by atoms with Crippen LogP contribution in [-0.2, 0) is 11.3 Å². The number of para-hydroxylation sites is 2. The Kier molecular flexibility index (Phi) is 6.14. The van der Waals surface area contributed by atoms with Gasteiger partial charge in [0.1, 0.15) is 6.33 Å². The normalized spacial score (nSPS) is 19.4. The molecular formula is C21H25ClN4O. The molecular weight excluding hydrogens is 360 g/mol. The summed E-state index contributed by atoms with van der Waals surface area (Å²) in [4.78, 5) is 16.8. The van der Waals surface area contributed by atoms with Crippen LogP contribution in [0.25, 0.3) is 16.7 Å². The Labute approximate surface area is 165 Å². The van der Waals surface area contributed by atoms with Gasteiger partial charge in [-0.3, -0.25) is 9.36 Å². The second-order valence-electron chi connectivity index (χ2n) is 7.06. The third-order valence-electron chi connectivity index (χ3n) is 5.13. The molecule has 4 rings (SSSR count). The molecule has 0 bridgehead atoms. The SMILES string of the molecule is C[C@H]1C[C@@H](C(=O)NCc2ccc(-n3cnc4ccccc43)cc2)CCN1.Cl. The van der Waals surface area contributed by atoms with Crippen LogP contribution in [0.2, 0.25) is 0 Å². The van der Waals surface area contributed by atoms with Gasteiger partial charge in [-0.15, -0.1) is 12.4 Å². The van der Waals surface area contributed by atoms with E-state index in [1.807, 2.05) is 24.5 Å². The highest BCUT2D eigenvalue weighted by molar-refractivity contribution is 5.85. The first kappa shape index (κ1) is 19.4. The van der Waals surface area contributed by atoms with Gasteiger partial charge < -0.3 is 10.6 Å². The van der Waals surface area contributed by atoms with E-state index in [4.69, 9.17) is 0 Å². The highest BCUT2D eigenvalue weighted by Gasteiger charge is 2.24. The Morgan fingerprint density at radius 2 is 2.00 bits per heavy atom. The summed E-state index contributed by atoms with van der Waals surface area (Å²) in [6.45, 7) is 3.63. The minimum Gasteiger partial charge on any atom is -0.352 e. The van der Waals surface area contributed by atoms with Gasteiger partial charge in [0.2, 0.25) is 5.91 Å². The fraction of sp³-hybridized carbons (Fsp3) is 0.333. The van der Waals surface area contributed by atoms with Gasteiger partial charge in [-0.2, -0.15) is 0 Å². The van der Waals surface area contributed by atoms with Crippen LogP contribution in [0.3, 0.4) is 0 Å². The van der Waals surface area contributed by atoms with E-state index in [9.17, 15) is 4.79 Å². The van der Waals surface area contributed by atoms with Gasteiger partial charge in [0, 0.05) is 24.2 Å². The molecule has 2 aromatic carbocycles. The van der Waals surface area contributed by atoms with E-state index in [2.05, 4.69) is 57.4 Å². The molecule has 0 spiro atoms. The summed E-state index contributed by atoms with van der Waals surface area (Å²) in [5.74, 6) is 0.297. The fourth-order valence-electron chi connectivity index (χ4n) is 3.64. The quantitative estimate of drug-likeness (QED) is 0.724. The Morgan fingerprint density at radius 1 is 1.22 bits per heavy atom. The van der Waals surface area contributed by atoms with Crippen molar-refractivity contribution >= 4 is 29.3 Å². The molecule has 3 aromatic rings. The second-order valence-corrected chi connectivity index (χ2v) is 7.06. The Morgan fingerprint density at radius 3 is 2.78 bits per heavy atom. The largest absolute Gasteiger partial charge is 0.352 e. The number of amides is 1. The number of aromatic nitrogens is 2. The molecule has 6 heteroatoms. The number of carbonyl (C=O) groups excluding carboxylic acids is 1. The number of rotatable bonds is 4. The van der Waals surface area contributed by atoms with Crippen LogP contribution >= 0.6 is 12.4 Å². The zero-order chi connectivity index (χ0) is 17.9. The average Bonchev–Trinajstić information content (AvgIpc) is 3.11. The first-order chi connectivity index (χ1) is 12.7. The number of hydrogen-bond donors (Lipinski definition) is 2. The zero-order valence-corrected chi connectivity index (χ0v) is 16.2. The number of halogens is 1. The third-order valence-corrected chi connectivity index (χ3v) is 5.13. The smallest absolute Gasteiger partial charge is 0.223 e. The second kappa shape index (κ2) is 8.55. The molecule has 2 atom stereocenters. The van der Waals surface area contributed by atoms with Gasteiger partial charge in [-0.1, -0.05) is 24.3 Å². The van der Waals surface area contributed by atoms with Gasteiger partial charge in [-0.25, -0.2) is 4.98 Å². The molecule has 1 aliphatic rings. The lowest BCUT2D eigenvalue weighted by Gasteiger charge is -2.27. The maximum atomic E-state index is 12.4. The van der Waals surface area contributed by atoms with Crippen LogP contribution in [0.15, 0.2) is 54.9 Å². The van der Waals surface area contributed by atoms with Crippen molar-refractivity contribution in [2.75, 3.05) is 6.54 Å². The summed E-state index contributed by atoms with van der Waals surface area (Å²) in [6, 6.07) is 16.8. The standard InChI is InChI=1S/C21H24N4O.ClH/c1-15-12-17(10-11-22-15)21(26)23-13-16-6-8-18(9-7-16)25-14-24-19-4-2-3-5-20(19)25;/h2-9,14-15,17,22H,10-13H2,1H3,(H,23,26);1H/t15-,17-;/m0./s1. The van der Waals surface area contributed by atoms with E-state index in [-0.39, 0.29) is 24.2 Å².